The van der Waals surface area contributed by atoms with Crippen molar-refractivity contribution < 1.29 is 4.79 Å². The fraction of sp³-hybridized carbons (Fsp3) is 0.556. The number of rotatable bonds is 5. The number of nitrogens with one attached hydrogen (secondary N) is 1. The van der Waals surface area contributed by atoms with E-state index in [-0.39, 0.29) is 11.4 Å². The second-order valence-corrected chi connectivity index (χ2v) is 7.08. The van der Waals surface area contributed by atoms with Crippen molar-refractivity contribution in [1.29, 1.82) is 0 Å². The third-order valence-corrected chi connectivity index (χ3v) is 4.85. The number of pyridine rings is 1. The Bertz CT molecular complexity index is 704. The molecular formula is C18H26N4O. The van der Waals surface area contributed by atoms with Gasteiger partial charge in [0.25, 0.3) is 0 Å². The van der Waals surface area contributed by atoms with Gasteiger partial charge in [-0.05, 0) is 51.8 Å². The SMILES string of the molecule is Cc1cccn2cc(CC(=O)NCCN3CCCC3(C)C)nc12. The van der Waals surface area contributed by atoms with E-state index >= 15 is 0 Å². The fourth-order valence-electron chi connectivity index (χ4n) is 3.42. The summed E-state index contributed by atoms with van der Waals surface area (Å²) in [5, 5.41) is 3.02. The minimum absolute atomic E-state index is 0.0445. The Labute approximate surface area is 137 Å². The summed E-state index contributed by atoms with van der Waals surface area (Å²) in [6, 6.07) is 4.02. The highest BCUT2D eigenvalue weighted by Crippen LogP contribution is 2.27. The first kappa shape index (κ1) is 16.0. The van der Waals surface area contributed by atoms with E-state index in [2.05, 4.69) is 29.0 Å². The standard InChI is InChI=1S/C18H26N4O/c1-14-6-4-9-21-13-15(20-17(14)21)12-16(23)19-8-11-22-10-5-7-18(22,2)3/h4,6,9,13H,5,7-8,10-12H2,1-3H3,(H,19,23). The Hall–Kier alpha value is -1.88. The molecular weight excluding hydrogens is 288 g/mol. The predicted octanol–water partition coefficient (Wildman–Crippen LogP) is 2.18. The number of amides is 1. The molecule has 5 nitrogen and oxygen atoms in total. The molecule has 1 saturated heterocycles. The molecule has 3 rings (SSSR count). The summed E-state index contributed by atoms with van der Waals surface area (Å²) in [6.45, 7) is 9.35. The maximum atomic E-state index is 12.1. The summed E-state index contributed by atoms with van der Waals surface area (Å²) >= 11 is 0. The van der Waals surface area contributed by atoms with Gasteiger partial charge in [0.05, 0.1) is 12.1 Å². The molecule has 0 atom stereocenters. The summed E-state index contributed by atoms with van der Waals surface area (Å²) in [4.78, 5) is 19.1. The highest BCUT2D eigenvalue weighted by atomic mass is 16.1. The van der Waals surface area contributed by atoms with Gasteiger partial charge in [-0.3, -0.25) is 9.69 Å². The van der Waals surface area contributed by atoms with E-state index in [0.717, 1.165) is 30.0 Å². The van der Waals surface area contributed by atoms with Gasteiger partial charge in [0.1, 0.15) is 5.65 Å². The minimum atomic E-state index is 0.0445. The molecule has 0 spiro atoms. The Morgan fingerprint density at radius 2 is 2.26 bits per heavy atom. The van der Waals surface area contributed by atoms with Gasteiger partial charge < -0.3 is 9.72 Å². The molecule has 0 bridgehead atoms. The van der Waals surface area contributed by atoms with Crippen molar-refractivity contribution in [3.8, 4) is 0 Å². The molecule has 1 fully saturated rings. The van der Waals surface area contributed by atoms with Crippen LogP contribution in [-0.2, 0) is 11.2 Å². The average molecular weight is 314 g/mol. The first-order valence-corrected chi connectivity index (χ1v) is 8.41. The van der Waals surface area contributed by atoms with Crippen molar-refractivity contribution in [3.63, 3.8) is 0 Å². The molecule has 124 valence electrons. The number of carbonyl (C=O) groups excluding carboxylic acids is 1. The molecule has 0 radical (unpaired) electrons. The highest BCUT2D eigenvalue weighted by molar-refractivity contribution is 5.78. The van der Waals surface area contributed by atoms with Crippen LogP contribution in [0.1, 0.15) is 37.9 Å². The van der Waals surface area contributed by atoms with Crippen LogP contribution in [0.4, 0.5) is 0 Å². The van der Waals surface area contributed by atoms with Crippen LogP contribution in [-0.4, -0.2) is 45.4 Å². The van der Waals surface area contributed by atoms with Gasteiger partial charge in [-0.25, -0.2) is 4.98 Å². The van der Waals surface area contributed by atoms with Gasteiger partial charge in [0.15, 0.2) is 0 Å². The van der Waals surface area contributed by atoms with Crippen molar-refractivity contribution in [1.82, 2.24) is 19.6 Å². The maximum Gasteiger partial charge on any atom is 0.226 e. The zero-order valence-corrected chi connectivity index (χ0v) is 14.3. The Kier molecular flexibility index (Phi) is 4.39. The third kappa shape index (κ3) is 3.55. The second-order valence-electron chi connectivity index (χ2n) is 7.08. The molecule has 0 unspecified atom stereocenters. The highest BCUT2D eigenvalue weighted by Gasteiger charge is 2.31. The zero-order chi connectivity index (χ0) is 16.4. The quantitative estimate of drug-likeness (QED) is 0.920. The van der Waals surface area contributed by atoms with E-state index in [0.29, 0.717) is 13.0 Å². The largest absolute Gasteiger partial charge is 0.354 e. The molecule has 2 aromatic rings. The Balaban J connectivity index is 1.52. The van der Waals surface area contributed by atoms with Gasteiger partial charge in [-0.2, -0.15) is 0 Å². The van der Waals surface area contributed by atoms with E-state index in [9.17, 15) is 4.79 Å². The van der Waals surface area contributed by atoms with E-state index in [4.69, 9.17) is 0 Å². The van der Waals surface area contributed by atoms with Crippen molar-refractivity contribution in [2.75, 3.05) is 19.6 Å². The topological polar surface area (TPSA) is 49.6 Å². The third-order valence-electron chi connectivity index (χ3n) is 4.85. The van der Waals surface area contributed by atoms with E-state index < -0.39 is 0 Å². The van der Waals surface area contributed by atoms with Gasteiger partial charge in [-0.1, -0.05) is 6.07 Å². The molecule has 0 saturated carbocycles. The summed E-state index contributed by atoms with van der Waals surface area (Å²) in [5.41, 5.74) is 3.13. The number of fused-ring (bicyclic) bond motifs is 1. The van der Waals surface area contributed by atoms with Crippen LogP contribution >= 0.6 is 0 Å². The molecule has 1 aliphatic rings. The van der Waals surface area contributed by atoms with Gasteiger partial charge in [0, 0.05) is 31.0 Å². The number of hydrogen-bond acceptors (Lipinski definition) is 3. The monoisotopic (exact) mass is 314 g/mol. The molecule has 2 aromatic heterocycles. The Morgan fingerprint density at radius 3 is 2.96 bits per heavy atom. The van der Waals surface area contributed by atoms with E-state index in [1.807, 2.05) is 35.9 Å². The van der Waals surface area contributed by atoms with E-state index in [1.54, 1.807) is 0 Å². The normalized spacial score (nSPS) is 17.7. The van der Waals surface area contributed by atoms with Crippen molar-refractivity contribution >= 4 is 11.6 Å². The van der Waals surface area contributed by atoms with Crippen molar-refractivity contribution in [2.45, 2.75) is 45.6 Å². The average Bonchev–Trinajstić information content (AvgIpc) is 3.03. The van der Waals surface area contributed by atoms with Crippen LogP contribution in [0, 0.1) is 6.92 Å². The van der Waals surface area contributed by atoms with Crippen LogP contribution in [0.15, 0.2) is 24.5 Å². The van der Waals surface area contributed by atoms with Gasteiger partial charge in [0.2, 0.25) is 5.91 Å². The molecule has 23 heavy (non-hydrogen) atoms. The predicted molar refractivity (Wildman–Crippen MR) is 91.5 cm³/mol. The minimum Gasteiger partial charge on any atom is -0.354 e. The zero-order valence-electron chi connectivity index (χ0n) is 14.3. The van der Waals surface area contributed by atoms with Crippen molar-refractivity contribution in [3.05, 3.63) is 35.8 Å². The molecule has 0 aromatic carbocycles. The van der Waals surface area contributed by atoms with Crippen LogP contribution < -0.4 is 5.32 Å². The number of nitrogens with zero attached hydrogens (tertiary/aromatic N) is 3. The van der Waals surface area contributed by atoms with Crippen molar-refractivity contribution in [2.24, 2.45) is 0 Å². The molecule has 5 heteroatoms. The van der Waals surface area contributed by atoms with Crippen LogP contribution in [0.25, 0.3) is 5.65 Å². The van der Waals surface area contributed by atoms with E-state index in [1.165, 1.54) is 12.8 Å². The molecule has 3 heterocycles. The number of carbonyl (C=O) groups is 1. The summed E-state index contributed by atoms with van der Waals surface area (Å²) in [7, 11) is 0. The van der Waals surface area contributed by atoms with Crippen LogP contribution in [0.2, 0.25) is 0 Å². The number of aryl methyl sites for hydroxylation is 1. The molecule has 1 amide bonds. The lowest BCUT2D eigenvalue weighted by molar-refractivity contribution is -0.120. The smallest absolute Gasteiger partial charge is 0.226 e. The molecule has 0 aliphatic carbocycles. The number of imidazole rings is 1. The summed E-state index contributed by atoms with van der Waals surface area (Å²) < 4.78 is 1.98. The molecule has 1 aliphatic heterocycles. The Morgan fingerprint density at radius 1 is 1.43 bits per heavy atom. The van der Waals surface area contributed by atoms with Gasteiger partial charge >= 0.3 is 0 Å². The number of aromatic nitrogens is 2. The number of hydrogen-bond donors (Lipinski definition) is 1. The number of likely N-dealkylation sites (tertiary alicyclic amines) is 1. The maximum absolute atomic E-state index is 12.1. The molecule has 1 N–H and O–H groups in total. The van der Waals surface area contributed by atoms with Crippen LogP contribution in [0.5, 0.6) is 0 Å². The lowest BCUT2D eigenvalue weighted by atomic mass is 10.0. The lowest BCUT2D eigenvalue weighted by Crippen LogP contribution is -2.43. The lowest BCUT2D eigenvalue weighted by Gasteiger charge is -2.31. The summed E-state index contributed by atoms with van der Waals surface area (Å²) in [6.07, 6.45) is 6.73. The summed E-state index contributed by atoms with van der Waals surface area (Å²) in [5.74, 6) is 0.0445. The fourth-order valence-corrected chi connectivity index (χ4v) is 3.42. The second kappa shape index (κ2) is 6.32. The van der Waals surface area contributed by atoms with Crippen LogP contribution in [0.3, 0.4) is 0 Å². The first-order chi connectivity index (χ1) is 11.0. The first-order valence-electron chi connectivity index (χ1n) is 8.41. The van der Waals surface area contributed by atoms with Gasteiger partial charge in [-0.15, -0.1) is 0 Å².